The van der Waals surface area contributed by atoms with Crippen LogP contribution in [0.2, 0.25) is 32.2 Å². The van der Waals surface area contributed by atoms with Gasteiger partial charge < -0.3 is 4.12 Å². The van der Waals surface area contributed by atoms with Gasteiger partial charge in [0.05, 0.1) is 5.54 Å². The number of hydrogen-bond acceptors (Lipinski definition) is 3. The summed E-state index contributed by atoms with van der Waals surface area (Å²) in [7, 11) is -2.61. The Labute approximate surface area is 137 Å². The van der Waals surface area contributed by atoms with Crippen LogP contribution in [0, 0.1) is 0 Å². The topological polar surface area (TPSA) is 38.7 Å². The summed E-state index contributed by atoms with van der Waals surface area (Å²) < 4.78 is 6.27. The SMILES string of the molecule is CC(C[Si](C)(C)O[SiH](C)C)c1cccc(C(C)(C)N=C=O)c1. The molecule has 0 heterocycles. The van der Waals surface area contributed by atoms with Gasteiger partial charge in [0.25, 0.3) is 0 Å². The first-order valence-electron chi connectivity index (χ1n) is 7.95. The second-order valence-corrected chi connectivity index (χ2v) is 14.4. The summed E-state index contributed by atoms with van der Waals surface area (Å²) in [5.41, 5.74) is 1.83. The smallest absolute Gasteiger partial charge is 0.235 e. The van der Waals surface area contributed by atoms with E-state index in [9.17, 15) is 4.79 Å². The molecule has 0 amide bonds. The lowest BCUT2D eigenvalue weighted by Gasteiger charge is -2.29. The van der Waals surface area contributed by atoms with E-state index >= 15 is 0 Å². The lowest BCUT2D eigenvalue weighted by atomic mass is 9.91. The first-order valence-corrected chi connectivity index (χ1v) is 13.8. The van der Waals surface area contributed by atoms with Crippen LogP contribution in [-0.4, -0.2) is 23.4 Å². The van der Waals surface area contributed by atoms with Gasteiger partial charge in [0.2, 0.25) is 6.08 Å². The molecule has 1 aromatic rings. The van der Waals surface area contributed by atoms with Crippen molar-refractivity contribution in [1.82, 2.24) is 0 Å². The van der Waals surface area contributed by atoms with Crippen molar-refractivity contribution in [2.75, 3.05) is 0 Å². The Bertz CT molecular complexity index is 549. The highest BCUT2D eigenvalue weighted by atomic mass is 28.4. The van der Waals surface area contributed by atoms with Crippen LogP contribution < -0.4 is 0 Å². The van der Waals surface area contributed by atoms with Crippen LogP contribution in [0.1, 0.15) is 37.8 Å². The van der Waals surface area contributed by atoms with Gasteiger partial charge in [-0.1, -0.05) is 31.2 Å². The zero-order chi connectivity index (χ0) is 17.0. The first-order chi connectivity index (χ1) is 10.1. The summed E-state index contributed by atoms with van der Waals surface area (Å²) in [4.78, 5) is 14.5. The third-order valence-corrected chi connectivity index (χ3v) is 9.87. The molecule has 0 aromatic heterocycles. The average molecular weight is 336 g/mol. The van der Waals surface area contributed by atoms with Crippen LogP contribution in [-0.2, 0) is 14.4 Å². The van der Waals surface area contributed by atoms with Crippen molar-refractivity contribution in [3.05, 3.63) is 35.4 Å². The van der Waals surface area contributed by atoms with Crippen molar-refractivity contribution in [3.63, 3.8) is 0 Å². The predicted octanol–water partition coefficient (Wildman–Crippen LogP) is 4.57. The predicted molar refractivity (Wildman–Crippen MR) is 98.3 cm³/mol. The van der Waals surface area contributed by atoms with E-state index in [4.69, 9.17) is 4.12 Å². The van der Waals surface area contributed by atoms with Gasteiger partial charge in [-0.3, -0.25) is 0 Å². The lowest BCUT2D eigenvalue weighted by Crippen LogP contribution is -2.36. The molecule has 0 aliphatic heterocycles. The fraction of sp³-hybridized carbons (Fsp3) is 0.588. The molecule has 1 aromatic carbocycles. The largest absolute Gasteiger partial charge is 0.458 e. The van der Waals surface area contributed by atoms with Crippen LogP contribution in [0.4, 0.5) is 0 Å². The van der Waals surface area contributed by atoms with E-state index in [1.807, 2.05) is 19.9 Å². The van der Waals surface area contributed by atoms with Gasteiger partial charge in [0.15, 0.2) is 17.4 Å². The molecule has 0 radical (unpaired) electrons. The van der Waals surface area contributed by atoms with E-state index < -0.39 is 22.9 Å². The molecule has 0 spiro atoms. The summed E-state index contributed by atoms with van der Waals surface area (Å²) in [6.07, 6.45) is 1.68. The summed E-state index contributed by atoms with van der Waals surface area (Å²) in [6, 6.07) is 9.51. The number of benzene rings is 1. The zero-order valence-electron chi connectivity index (χ0n) is 14.9. The van der Waals surface area contributed by atoms with Crippen molar-refractivity contribution < 1.29 is 8.91 Å². The van der Waals surface area contributed by atoms with Gasteiger partial charge in [0.1, 0.15) is 0 Å². The minimum Gasteiger partial charge on any atom is -0.458 e. The molecule has 0 bridgehead atoms. The van der Waals surface area contributed by atoms with E-state index in [1.165, 1.54) is 5.56 Å². The maximum absolute atomic E-state index is 10.6. The number of nitrogens with zero attached hydrogens (tertiary/aromatic N) is 1. The van der Waals surface area contributed by atoms with Crippen LogP contribution in [0.3, 0.4) is 0 Å². The normalized spacial score (nSPS) is 13.8. The Morgan fingerprint density at radius 2 is 2.00 bits per heavy atom. The van der Waals surface area contributed by atoms with Crippen LogP contribution in [0.5, 0.6) is 0 Å². The summed E-state index contributed by atoms with van der Waals surface area (Å²) in [5, 5.41) is 0. The van der Waals surface area contributed by atoms with Crippen molar-refractivity contribution >= 4 is 23.4 Å². The highest BCUT2D eigenvalue weighted by Gasteiger charge is 2.27. The van der Waals surface area contributed by atoms with E-state index in [1.54, 1.807) is 6.08 Å². The molecule has 0 N–H and O–H groups in total. The summed E-state index contributed by atoms with van der Waals surface area (Å²) in [6.45, 7) is 15.2. The molecule has 0 aliphatic rings. The van der Waals surface area contributed by atoms with E-state index in [-0.39, 0.29) is 0 Å². The van der Waals surface area contributed by atoms with Gasteiger partial charge >= 0.3 is 0 Å². The minimum atomic E-state index is -1.61. The molecule has 3 nitrogen and oxygen atoms in total. The van der Waals surface area contributed by atoms with Crippen molar-refractivity contribution in [1.29, 1.82) is 0 Å². The molecular formula is C17H29NO2Si2. The average Bonchev–Trinajstić information content (AvgIpc) is 2.36. The fourth-order valence-electron chi connectivity index (χ4n) is 2.95. The van der Waals surface area contributed by atoms with Gasteiger partial charge in [-0.15, -0.1) is 0 Å². The Morgan fingerprint density at radius 1 is 1.36 bits per heavy atom. The lowest BCUT2D eigenvalue weighted by molar-refractivity contribution is 0.522. The molecule has 0 saturated heterocycles. The van der Waals surface area contributed by atoms with Crippen LogP contribution in [0.25, 0.3) is 0 Å². The Morgan fingerprint density at radius 3 is 2.55 bits per heavy atom. The standard InChI is InChI=1S/C17H29NO2Si2/c1-14(12-22(6,7)20-21(4)5)15-9-8-10-16(11-15)17(2,3)18-13-19/h8-11,14,21H,12H2,1-7H3. The Balaban J connectivity index is 2.96. The van der Waals surface area contributed by atoms with Crippen molar-refractivity contribution in [2.45, 2.75) is 64.5 Å². The van der Waals surface area contributed by atoms with E-state index in [2.05, 4.69) is 56.3 Å². The Hall–Kier alpha value is -1.01. The molecule has 0 aliphatic carbocycles. The third-order valence-electron chi connectivity index (χ3n) is 3.84. The molecule has 122 valence electrons. The second-order valence-electron chi connectivity index (χ2n) is 7.42. The molecule has 22 heavy (non-hydrogen) atoms. The number of carbonyl (C=O) groups excluding carboxylic acids is 1. The quantitative estimate of drug-likeness (QED) is 0.416. The van der Waals surface area contributed by atoms with E-state index in [0.717, 1.165) is 11.6 Å². The van der Waals surface area contributed by atoms with Gasteiger partial charge in [-0.05, 0) is 63.1 Å². The first kappa shape index (κ1) is 19.0. The van der Waals surface area contributed by atoms with Crippen LogP contribution >= 0.6 is 0 Å². The number of isocyanates is 1. The zero-order valence-corrected chi connectivity index (χ0v) is 17.1. The summed E-state index contributed by atoms with van der Waals surface area (Å²) in [5.74, 6) is 0.449. The molecule has 5 heteroatoms. The molecule has 0 saturated carbocycles. The molecular weight excluding hydrogens is 306 g/mol. The summed E-state index contributed by atoms with van der Waals surface area (Å²) >= 11 is 0. The van der Waals surface area contributed by atoms with E-state index in [0.29, 0.717) is 5.92 Å². The highest BCUT2D eigenvalue weighted by molar-refractivity contribution is 6.77. The molecule has 1 atom stereocenters. The number of hydrogen-bond donors (Lipinski definition) is 0. The maximum atomic E-state index is 10.6. The minimum absolute atomic E-state index is 0.449. The fourth-order valence-corrected chi connectivity index (χ4v) is 10.1. The number of aliphatic imine (C=N–C) groups is 1. The van der Waals surface area contributed by atoms with Crippen molar-refractivity contribution in [3.8, 4) is 0 Å². The molecule has 1 rings (SSSR count). The van der Waals surface area contributed by atoms with Gasteiger partial charge in [-0.2, -0.15) is 4.99 Å². The van der Waals surface area contributed by atoms with Crippen molar-refractivity contribution in [2.24, 2.45) is 4.99 Å². The number of rotatable bonds is 7. The van der Waals surface area contributed by atoms with Gasteiger partial charge in [0, 0.05) is 0 Å². The highest BCUT2D eigenvalue weighted by Crippen LogP contribution is 2.31. The molecule has 0 fully saturated rings. The molecule has 1 unspecified atom stereocenters. The monoisotopic (exact) mass is 335 g/mol. The maximum Gasteiger partial charge on any atom is 0.235 e. The second kappa shape index (κ2) is 7.51. The third kappa shape index (κ3) is 5.65. The van der Waals surface area contributed by atoms with Crippen LogP contribution in [0.15, 0.2) is 29.3 Å². The Kier molecular flexibility index (Phi) is 6.50. The van der Waals surface area contributed by atoms with Gasteiger partial charge in [-0.25, -0.2) is 4.79 Å².